The number of nitrogens with two attached hydrogens (primary N) is 1. The second kappa shape index (κ2) is 4.79. The lowest BCUT2D eigenvalue weighted by Gasteiger charge is -2.08. The zero-order valence-corrected chi connectivity index (χ0v) is 11.5. The van der Waals surface area contributed by atoms with Gasteiger partial charge < -0.3 is 10.2 Å². The molecule has 3 rings (SSSR count). The van der Waals surface area contributed by atoms with Gasteiger partial charge in [0, 0.05) is 9.86 Å². The molecule has 1 aromatic heterocycles. The number of fused-ring (bicyclic) bond motifs is 1. The van der Waals surface area contributed by atoms with Crippen molar-refractivity contribution in [2.45, 2.75) is 6.04 Å². The molecule has 0 spiro atoms. The van der Waals surface area contributed by atoms with Crippen LogP contribution in [-0.2, 0) is 0 Å². The maximum absolute atomic E-state index is 13.6. The van der Waals surface area contributed by atoms with Gasteiger partial charge in [0.15, 0.2) is 11.4 Å². The van der Waals surface area contributed by atoms with E-state index in [1.54, 1.807) is 18.2 Å². The molecule has 19 heavy (non-hydrogen) atoms. The van der Waals surface area contributed by atoms with Crippen molar-refractivity contribution >= 4 is 26.9 Å². The third-order valence-electron chi connectivity index (χ3n) is 3.05. The Morgan fingerprint density at radius 2 is 1.84 bits per heavy atom. The molecule has 0 bridgehead atoms. The average Bonchev–Trinajstić information content (AvgIpc) is 2.84. The molecule has 1 unspecified atom stereocenters. The summed E-state index contributed by atoms with van der Waals surface area (Å²) in [7, 11) is 0. The molecule has 0 aliphatic rings. The van der Waals surface area contributed by atoms with Gasteiger partial charge in [0.1, 0.15) is 5.76 Å². The summed E-state index contributed by atoms with van der Waals surface area (Å²) >= 11 is 3.37. The molecule has 3 aromatic rings. The minimum atomic E-state index is -0.403. The first kappa shape index (κ1) is 12.4. The van der Waals surface area contributed by atoms with Crippen LogP contribution < -0.4 is 5.73 Å². The zero-order chi connectivity index (χ0) is 13.4. The monoisotopic (exact) mass is 319 g/mol. The van der Waals surface area contributed by atoms with Gasteiger partial charge in [-0.15, -0.1) is 0 Å². The standard InChI is InChI=1S/C15H11BrFNO/c16-11-6-4-9(5-7-11)14(18)13-8-10-2-1-3-12(17)15(10)19-13/h1-8,14H,18H2. The maximum atomic E-state index is 13.6. The van der Waals surface area contributed by atoms with Gasteiger partial charge in [0.2, 0.25) is 0 Å². The Balaban J connectivity index is 2.04. The topological polar surface area (TPSA) is 39.2 Å². The molecule has 0 saturated heterocycles. The van der Waals surface area contributed by atoms with E-state index in [9.17, 15) is 4.39 Å². The highest BCUT2D eigenvalue weighted by atomic mass is 79.9. The normalized spacial score (nSPS) is 12.8. The van der Waals surface area contributed by atoms with Crippen molar-refractivity contribution in [3.8, 4) is 0 Å². The highest BCUT2D eigenvalue weighted by molar-refractivity contribution is 9.10. The number of benzene rings is 2. The van der Waals surface area contributed by atoms with Crippen LogP contribution in [-0.4, -0.2) is 0 Å². The molecule has 2 nitrogen and oxygen atoms in total. The first-order chi connectivity index (χ1) is 9.15. The van der Waals surface area contributed by atoms with Crippen LogP contribution in [0.2, 0.25) is 0 Å². The van der Waals surface area contributed by atoms with Crippen LogP contribution in [0.4, 0.5) is 4.39 Å². The van der Waals surface area contributed by atoms with E-state index in [-0.39, 0.29) is 11.4 Å². The summed E-state index contributed by atoms with van der Waals surface area (Å²) in [6.45, 7) is 0. The third-order valence-corrected chi connectivity index (χ3v) is 3.58. The summed E-state index contributed by atoms with van der Waals surface area (Å²) in [6.07, 6.45) is 0. The summed E-state index contributed by atoms with van der Waals surface area (Å²) in [4.78, 5) is 0. The van der Waals surface area contributed by atoms with Gasteiger partial charge in [-0.3, -0.25) is 0 Å². The third kappa shape index (κ3) is 2.29. The molecule has 2 aromatic carbocycles. The fraction of sp³-hybridized carbons (Fsp3) is 0.0667. The molecule has 0 saturated carbocycles. The summed E-state index contributed by atoms with van der Waals surface area (Å²) in [5.41, 5.74) is 7.32. The number of rotatable bonds is 2. The molecule has 4 heteroatoms. The van der Waals surface area contributed by atoms with Crippen LogP contribution in [0.3, 0.4) is 0 Å². The van der Waals surface area contributed by atoms with Crippen molar-refractivity contribution in [3.63, 3.8) is 0 Å². The minimum Gasteiger partial charge on any atom is -0.456 e. The van der Waals surface area contributed by atoms with Crippen LogP contribution >= 0.6 is 15.9 Å². The quantitative estimate of drug-likeness (QED) is 0.761. The maximum Gasteiger partial charge on any atom is 0.169 e. The lowest BCUT2D eigenvalue weighted by atomic mass is 10.1. The lowest BCUT2D eigenvalue weighted by Crippen LogP contribution is -2.10. The summed E-state index contributed by atoms with van der Waals surface area (Å²) in [5.74, 6) is 0.189. The van der Waals surface area contributed by atoms with E-state index in [1.807, 2.05) is 24.3 Å². The Hall–Kier alpha value is -1.65. The van der Waals surface area contributed by atoms with E-state index in [4.69, 9.17) is 10.2 Å². The predicted molar refractivity (Wildman–Crippen MR) is 76.3 cm³/mol. The fourth-order valence-electron chi connectivity index (χ4n) is 2.04. The summed E-state index contributed by atoms with van der Waals surface area (Å²) in [6, 6.07) is 13.9. The highest BCUT2D eigenvalue weighted by Gasteiger charge is 2.15. The fourth-order valence-corrected chi connectivity index (χ4v) is 2.30. The van der Waals surface area contributed by atoms with E-state index >= 15 is 0 Å². The Morgan fingerprint density at radius 3 is 2.53 bits per heavy atom. The summed E-state index contributed by atoms with van der Waals surface area (Å²) in [5, 5.41) is 0.725. The van der Waals surface area contributed by atoms with Crippen molar-refractivity contribution in [1.82, 2.24) is 0 Å². The molecular formula is C15H11BrFNO. The Kier molecular flexibility index (Phi) is 3.12. The largest absolute Gasteiger partial charge is 0.456 e. The van der Waals surface area contributed by atoms with Crippen LogP contribution in [0, 0.1) is 5.82 Å². The van der Waals surface area contributed by atoms with Crippen LogP contribution in [0.15, 0.2) is 57.4 Å². The SMILES string of the molecule is NC(c1ccc(Br)cc1)c1cc2cccc(F)c2o1. The van der Waals surface area contributed by atoms with Gasteiger partial charge in [-0.1, -0.05) is 40.2 Å². The van der Waals surface area contributed by atoms with E-state index in [0.29, 0.717) is 5.76 Å². The molecule has 1 atom stereocenters. The van der Waals surface area contributed by atoms with Gasteiger partial charge in [-0.2, -0.15) is 0 Å². The number of hydrogen-bond acceptors (Lipinski definition) is 2. The molecule has 1 heterocycles. The number of para-hydroxylation sites is 1. The predicted octanol–water partition coefficient (Wildman–Crippen LogP) is 4.38. The van der Waals surface area contributed by atoms with E-state index < -0.39 is 6.04 Å². The molecule has 0 fully saturated rings. The second-order valence-electron chi connectivity index (χ2n) is 4.34. The van der Waals surface area contributed by atoms with Crippen LogP contribution in [0.5, 0.6) is 0 Å². The van der Waals surface area contributed by atoms with Crippen LogP contribution in [0.1, 0.15) is 17.4 Å². The van der Waals surface area contributed by atoms with Crippen LogP contribution in [0.25, 0.3) is 11.0 Å². The Bertz CT molecular complexity index is 721. The van der Waals surface area contributed by atoms with Crippen molar-refractivity contribution in [2.24, 2.45) is 5.73 Å². The number of hydrogen-bond donors (Lipinski definition) is 1. The first-order valence-electron chi connectivity index (χ1n) is 5.84. The number of halogens is 2. The number of furan rings is 1. The molecular weight excluding hydrogens is 309 g/mol. The van der Waals surface area contributed by atoms with E-state index in [1.165, 1.54) is 6.07 Å². The van der Waals surface area contributed by atoms with Crippen molar-refractivity contribution in [2.75, 3.05) is 0 Å². The second-order valence-corrected chi connectivity index (χ2v) is 5.25. The van der Waals surface area contributed by atoms with E-state index in [0.717, 1.165) is 15.4 Å². The van der Waals surface area contributed by atoms with Crippen molar-refractivity contribution in [1.29, 1.82) is 0 Å². The van der Waals surface area contributed by atoms with Gasteiger partial charge >= 0.3 is 0 Å². The minimum absolute atomic E-state index is 0.255. The lowest BCUT2D eigenvalue weighted by molar-refractivity contribution is 0.502. The first-order valence-corrected chi connectivity index (χ1v) is 6.63. The van der Waals surface area contributed by atoms with Gasteiger partial charge in [-0.25, -0.2) is 4.39 Å². The van der Waals surface area contributed by atoms with Gasteiger partial charge in [0.05, 0.1) is 6.04 Å². The van der Waals surface area contributed by atoms with Gasteiger partial charge in [-0.05, 0) is 29.8 Å². The smallest absolute Gasteiger partial charge is 0.169 e. The zero-order valence-electron chi connectivity index (χ0n) is 9.94. The molecule has 2 N–H and O–H groups in total. The molecule has 96 valence electrons. The highest BCUT2D eigenvalue weighted by Crippen LogP contribution is 2.28. The van der Waals surface area contributed by atoms with E-state index in [2.05, 4.69) is 15.9 Å². The Morgan fingerprint density at radius 1 is 1.11 bits per heavy atom. The van der Waals surface area contributed by atoms with Gasteiger partial charge in [0.25, 0.3) is 0 Å². The van der Waals surface area contributed by atoms with Crippen molar-refractivity contribution < 1.29 is 8.81 Å². The molecule has 0 amide bonds. The molecule has 0 radical (unpaired) electrons. The Labute approximate surface area is 118 Å². The molecule has 0 aliphatic heterocycles. The van der Waals surface area contributed by atoms with Crippen molar-refractivity contribution in [3.05, 3.63) is 70.1 Å². The molecule has 0 aliphatic carbocycles. The average molecular weight is 320 g/mol. The summed E-state index contributed by atoms with van der Waals surface area (Å²) < 4.78 is 20.1.